The van der Waals surface area contributed by atoms with Crippen LogP contribution in [0, 0.1) is 11.6 Å². The Balaban J connectivity index is 0.00000484. The molecule has 0 amide bonds. The first-order valence-electron chi connectivity index (χ1n) is 7.23. The van der Waals surface area contributed by atoms with E-state index in [9.17, 15) is 8.78 Å². The third-order valence-electron chi connectivity index (χ3n) is 3.53. The summed E-state index contributed by atoms with van der Waals surface area (Å²) in [7, 11) is 1.70. The smallest absolute Gasteiger partial charge is 0.191 e. The molecule has 1 atom stereocenters. The van der Waals surface area contributed by atoms with Crippen molar-refractivity contribution in [3.8, 4) is 0 Å². The van der Waals surface area contributed by atoms with Crippen molar-refractivity contribution >= 4 is 41.7 Å². The number of nitrogens with zero attached hydrogens (tertiary/aromatic N) is 1. The zero-order chi connectivity index (χ0) is 16.8. The molecule has 7 heteroatoms. The lowest BCUT2D eigenvalue weighted by molar-refractivity contribution is 0.555. The fourth-order valence-electron chi connectivity index (χ4n) is 1.85. The largest absolute Gasteiger partial charge is 0.356 e. The third kappa shape index (κ3) is 7.69. The molecule has 0 aliphatic carbocycles. The van der Waals surface area contributed by atoms with Crippen molar-refractivity contribution in [3.63, 3.8) is 0 Å². The first kappa shape index (κ1) is 22.4. The molecule has 0 saturated heterocycles. The average molecular weight is 457 g/mol. The van der Waals surface area contributed by atoms with Crippen LogP contribution in [-0.4, -0.2) is 37.1 Å². The normalized spacial score (nSPS) is 13.3. The Hall–Kier alpha value is -0.570. The number of nitrogens with one attached hydrogen (secondary N) is 2. The van der Waals surface area contributed by atoms with Gasteiger partial charge < -0.3 is 10.6 Å². The minimum absolute atomic E-state index is 0. The van der Waals surface area contributed by atoms with Gasteiger partial charge >= 0.3 is 0 Å². The predicted octanol–water partition coefficient (Wildman–Crippen LogP) is 3.99. The molecule has 0 fully saturated rings. The van der Waals surface area contributed by atoms with Crippen LogP contribution in [0.15, 0.2) is 23.2 Å². The number of thioether (sulfide) groups is 1. The van der Waals surface area contributed by atoms with E-state index in [1.54, 1.807) is 18.8 Å². The molecular weight excluding hydrogens is 431 g/mol. The van der Waals surface area contributed by atoms with Gasteiger partial charge in [0.1, 0.15) is 11.6 Å². The van der Waals surface area contributed by atoms with Gasteiger partial charge in [0.2, 0.25) is 0 Å². The molecule has 0 heterocycles. The molecule has 0 spiro atoms. The van der Waals surface area contributed by atoms with Crippen molar-refractivity contribution in [2.75, 3.05) is 26.4 Å². The Kier molecular flexibility index (Phi) is 10.1. The fourth-order valence-corrected chi connectivity index (χ4v) is 2.07. The maximum Gasteiger partial charge on any atom is 0.191 e. The topological polar surface area (TPSA) is 36.4 Å². The Bertz CT molecular complexity index is 524. The highest BCUT2D eigenvalue weighted by molar-refractivity contribution is 14.0. The molecule has 0 bridgehead atoms. The quantitative estimate of drug-likeness (QED) is 0.386. The highest BCUT2D eigenvalue weighted by Crippen LogP contribution is 2.20. The fraction of sp³-hybridized carbons (Fsp3) is 0.562. The van der Waals surface area contributed by atoms with E-state index in [0.717, 1.165) is 12.6 Å². The van der Waals surface area contributed by atoms with Crippen LogP contribution in [0.1, 0.15) is 32.3 Å². The van der Waals surface area contributed by atoms with Gasteiger partial charge in [-0.3, -0.25) is 4.99 Å². The monoisotopic (exact) mass is 457 g/mol. The summed E-state index contributed by atoms with van der Waals surface area (Å²) < 4.78 is 26.8. The summed E-state index contributed by atoms with van der Waals surface area (Å²) in [6.07, 6.45) is 2.07. The maximum absolute atomic E-state index is 13.7. The molecule has 1 aromatic carbocycles. The third-order valence-corrected chi connectivity index (χ3v) is 4.78. The van der Waals surface area contributed by atoms with Crippen LogP contribution in [0.3, 0.4) is 0 Å². The van der Waals surface area contributed by atoms with E-state index in [-0.39, 0.29) is 34.6 Å². The molecule has 0 aliphatic heterocycles. The SMILES string of the molecule is CN=C(NCC(C)c1ccc(F)cc1F)NCC(C)(C)SC.I. The van der Waals surface area contributed by atoms with Crippen molar-refractivity contribution in [3.05, 3.63) is 35.4 Å². The van der Waals surface area contributed by atoms with Crippen LogP contribution < -0.4 is 10.6 Å². The van der Waals surface area contributed by atoms with Gasteiger partial charge in [-0.1, -0.05) is 13.0 Å². The van der Waals surface area contributed by atoms with Crippen LogP contribution >= 0.6 is 35.7 Å². The van der Waals surface area contributed by atoms with Crippen LogP contribution in [0.4, 0.5) is 8.78 Å². The number of halogens is 3. The molecular formula is C16H26F2IN3S. The van der Waals surface area contributed by atoms with Gasteiger partial charge in [-0.25, -0.2) is 8.78 Å². The van der Waals surface area contributed by atoms with Gasteiger partial charge in [-0.05, 0) is 31.7 Å². The van der Waals surface area contributed by atoms with Crippen molar-refractivity contribution in [2.24, 2.45) is 4.99 Å². The van der Waals surface area contributed by atoms with Gasteiger partial charge in [0, 0.05) is 36.9 Å². The van der Waals surface area contributed by atoms with Crippen molar-refractivity contribution in [2.45, 2.75) is 31.4 Å². The second-order valence-electron chi connectivity index (χ2n) is 5.84. The van der Waals surface area contributed by atoms with E-state index in [4.69, 9.17) is 0 Å². The van der Waals surface area contributed by atoms with Gasteiger partial charge in [0.25, 0.3) is 0 Å². The summed E-state index contributed by atoms with van der Waals surface area (Å²) in [5, 5.41) is 6.43. The standard InChI is InChI=1S/C16H25F2N3S.HI/c1-11(13-7-6-12(17)8-14(13)18)9-20-15(19-4)21-10-16(2,3)22-5;/h6-8,11H,9-10H2,1-5H3,(H2,19,20,21);1H. The van der Waals surface area contributed by atoms with Crippen molar-refractivity contribution in [1.29, 1.82) is 0 Å². The summed E-state index contributed by atoms with van der Waals surface area (Å²) in [6, 6.07) is 3.69. The first-order valence-corrected chi connectivity index (χ1v) is 8.46. The lowest BCUT2D eigenvalue weighted by atomic mass is 10.0. The Morgan fingerprint density at radius 2 is 1.96 bits per heavy atom. The molecule has 0 aliphatic rings. The molecule has 132 valence electrons. The molecule has 1 aromatic rings. The minimum Gasteiger partial charge on any atom is -0.356 e. The molecule has 0 radical (unpaired) electrons. The number of hydrogen-bond donors (Lipinski definition) is 2. The van der Waals surface area contributed by atoms with Gasteiger partial charge in [0.05, 0.1) is 0 Å². The number of rotatable bonds is 6. The zero-order valence-corrected chi connectivity index (χ0v) is 17.4. The van der Waals surface area contributed by atoms with Crippen LogP contribution in [0.5, 0.6) is 0 Å². The summed E-state index contributed by atoms with van der Waals surface area (Å²) in [6.45, 7) is 7.47. The van der Waals surface area contributed by atoms with Crippen LogP contribution in [0.2, 0.25) is 0 Å². The van der Waals surface area contributed by atoms with E-state index in [0.29, 0.717) is 18.1 Å². The molecule has 0 saturated carbocycles. The Morgan fingerprint density at radius 1 is 1.30 bits per heavy atom. The maximum atomic E-state index is 13.7. The summed E-state index contributed by atoms with van der Waals surface area (Å²) in [5.74, 6) is -0.483. The Morgan fingerprint density at radius 3 is 2.48 bits per heavy atom. The van der Waals surface area contributed by atoms with E-state index < -0.39 is 11.6 Å². The molecule has 2 N–H and O–H groups in total. The summed E-state index contributed by atoms with van der Waals surface area (Å²) >= 11 is 1.77. The second-order valence-corrected chi connectivity index (χ2v) is 7.35. The van der Waals surface area contributed by atoms with Gasteiger partial charge in [0.15, 0.2) is 5.96 Å². The lowest BCUT2D eigenvalue weighted by Crippen LogP contribution is -2.44. The molecule has 0 aromatic heterocycles. The predicted molar refractivity (Wildman–Crippen MR) is 107 cm³/mol. The average Bonchev–Trinajstić information content (AvgIpc) is 2.47. The highest BCUT2D eigenvalue weighted by Gasteiger charge is 2.17. The first-order chi connectivity index (χ1) is 10.3. The van der Waals surface area contributed by atoms with Crippen LogP contribution in [-0.2, 0) is 0 Å². The highest BCUT2D eigenvalue weighted by atomic mass is 127. The minimum atomic E-state index is -0.557. The summed E-state index contributed by atoms with van der Waals surface area (Å²) in [4.78, 5) is 4.16. The number of guanidine groups is 1. The van der Waals surface area contributed by atoms with E-state index >= 15 is 0 Å². The van der Waals surface area contributed by atoms with Gasteiger partial charge in [-0.15, -0.1) is 24.0 Å². The number of hydrogen-bond acceptors (Lipinski definition) is 2. The van der Waals surface area contributed by atoms with E-state index in [2.05, 4.69) is 35.7 Å². The number of benzene rings is 1. The molecule has 23 heavy (non-hydrogen) atoms. The van der Waals surface area contributed by atoms with Crippen LogP contribution in [0.25, 0.3) is 0 Å². The van der Waals surface area contributed by atoms with Crippen molar-refractivity contribution < 1.29 is 8.78 Å². The Labute approximate surface area is 159 Å². The zero-order valence-electron chi connectivity index (χ0n) is 14.2. The van der Waals surface area contributed by atoms with E-state index in [1.807, 2.05) is 6.92 Å². The molecule has 3 nitrogen and oxygen atoms in total. The lowest BCUT2D eigenvalue weighted by Gasteiger charge is -2.24. The van der Waals surface area contributed by atoms with E-state index in [1.165, 1.54) is 12.1 Å². The van der Waals surface area contributed by atoms with Gasteiger partial charge in [-0.2, -0.15) is 11.8 Å². The second kappa shape index (κ2) is 10.3. The number of aliphatic imine (C=N–C) groups is 1. The molecule has 1 unspecified atom stereocenters. The molecule has 1 rings (SSSR count). The van der Waals surface area contributed by atoms with Crippen molar-refractivity contribution in [1.82, 2.24) is 10.6 Å². The summed E-state index contributed by atoms with van der Waals surface area (Å²) in [5.41, 5.74) is 0.494.